The summed E-state index contributed by atoms with van der Waals surface area (Å²) < 4.78 is 13.3. The molecular weight excluding hydrogens is 265 g/mol. The zero-order valence-corrected chi connectivity index (χ0v) is 11.5. The van der Waals surface area contributed by atoms with E-state index >= 15 is 0 Å². The first-order valence-corrected chi connectivity index (χ1v) is 7.43. The lowest BCUT2D eigenvalue weighted by molar-refractivity contribution is -0.124. The van der Waals surface area contributed by atoms with Crippen LogP contribution in [0.4, 0.5) is 4.39 Å². The van der Waals surface area contributed by atoms with Gasteiger partial charge in [-0.1, -0.05) is 12.1 Å². The maximum atomic E-state index is 13.3. The molecule has 1 fully saturated rings. The largest absolute Gasteiger partial charge is 0.394 e. The number of carbonyl (C=O) groups excluding carboxylic acids is 1. The van der Waals surface area contributed by atoms with E-state index < -0.39 is 0 Å². The van der Waals surface area contributed by atoms with Crippen LogP contribution in [0.15, 0.2) is 29.2 Å². The Bertz CT molecular complexity index is 443. The Kier molecular flexibility index (Phi) is 4.82. The van der Waals surface area contributed by atoms with Gasteiger partial charge in [0.1, 0.15) is 5.82 Å². The van der Waals surface area contributed by atoms with Crippen LogP contribution in [-0.4, -0.2) is 28.9 Å². The van der Waals surface area contributed by atoms with Crippen LogP contribution in [0.2, 0.25) is 0 Å². The number of benzene rings is 1. The first-order chi connectivity index (χ1) is 9.15. The summed E-state index contributed by atoms with van der Waals surface area (Å²) in [7, 11) is 0. The molecule has 0 saturated heterocycles. The lowest BCUT2D eigenvalue weighted by Gasteiger charge is -2.41. The zero-order valence-electron chi connectivity index (χ0n) is 10.7. The Hall–Kier alpha value is -1.07. The highest BCUT2D eigenvalue weighted by atomic mass is 32.2. The fraction of sp³-hybridized carbons (Fsp3) is 0.500. The fourth-order valence-electron chi connectivity index (χ4n) is 2.10. The van der Waals surface area contributed by atoms with Gasteiger partial charge in [-0.25, -0.2) is 4.39 Å². The van der Waals surface area contributed by atoms with Gasteiger partial charge in [0.2, 0.25) is 5.91 Å². The number of carbonyl (C=O) groups is 1. The van der Waals surface area contributed by atoms with Gasteiger partial charge in [-0.2, -0.15) is 0 Å². The van der Waals surface area contributed by atoms with Crippen molar-refractivity contribution in [1.82, 2.24) is 5.32 Å². The molecule has 1 aliphatic carbocycles. The van der Waals surface area contributed by atoms with E-state index in [1.165, 1.54) is 17.8 Å². The quantitative estimate of drug-likeness (QED) is 0.788. The van der Waals surface area contributed by atoms with Gasteiger partial charge in [-0.05, 0) is 31.4 Å². The van der Waals surface area contributed by atoms with E-state index in [9.17, 15) is 14.3 Å². The topological polar surface area (TPSA) is 49.3 Å². The molecule has 1 saturated carbocycles. The van der Waals surface area contributed by atoms with E-state index in [0.29, 0.717) is 17.1 Å². The molecule has 104 valence electrons. The Balaban J connectivity index is 1.74. The number of aliphatic hydroxyl groups excluding tert-OH is 1. The van der Waals surface area contributed by atoms with Crippen LogP contribution in [0.25, 0.3) is 0 Å². The molecule has 1 amide bonds. The highest BCUT2D eigenvalue weighted by Gasteiger charge is 2.37. The van der Waals surface area contributed by atoms with E-state index in [-0.39, 0.29) is 23.9 Å². The number of amides is 1. The van der Waals surface area contributed by atoms with Gasteiger partial charge in [0.05, 0.1) is 12.1 Å². The molecule has 0 radical (unpaired) electrons. The van der Waals surface area contributed by atoms with E-state index in [0.717, 1.165) is 19.3 Å². The highest BCUT2D eigenvalue weighted by Crippen LogP contribution is 2.31. The van der Waals surface area contributed by atoms with Gasteiger partial charge < -0.3 is 10.4 Å². The molecule has 0 bridgehead atoms. The number of thioether (sulfide) groups is 1. The van der Waals surface area contributed by atoms with E-state index in [4.69, 9.17) is 0 Å². The minimum atomic E-state index is -0.389. The third-order valence-electron chi connectivity index (χ3n) is 3.44. The standard InChI is InChI=1S/C14H18FNO2S/c15-11-4-1-2-5-12(11)19-9-6-13(18)16-14(10-17)7-3-8-14/h1-2,4-5,17H,3,6-10H2,(H,16,18). The first kappa shape index (κ1) is 14.3. The molecule has 0 aromatic heterocycles. The number of hydrogen-bond acceptors (Lipinski definition) is 3. The van der Waals surface area contributed by atoms with Gasteiger partial charge in [0.25, 0.3) is 0 Å². The van der Waals surface area contributed by atoms with E-state index in [2.05, 4.69) is 5.32 Å². The molecule has 0 heterocycles. The van der Waals surface area contributed by atoms with Gasteiger partial charge in [-0.15, -0.1) is 11.8 Å². The molecule has 1 aromatic rings. The van der Waals surface area contributed by atoms with Gasteiger partial charge in [-0.3, -0.25) is 4.79 Å². The molecule has 0 aliphatic heterocycles. The van der Waals surface area contributed by atoms with Gasteiger partial charge in [0.15, 0.2) is 0 Å². The molecule has 19 heavy (non-hydrogen) atoms. The average molecular weight is 283 g/mol. The molecule has 0 unspecified atom stereocenters. The van der Waals surface area contributed by atoms with Crippen LogP contribution >= 0.6 is 11.8 Å². The predicted octanol–water partition coefficient (Wildman–Crippen LogP) is 2.34. The number of rotatable bonds is 6. The van der Waals surface area contributed by atoms with Crippen LogP contribution in [0.1, 0.15) is 25.7 Å². The summed E-state index contributed by atoms with van der Waals surface area (Å²) in [6.45, 7) is -0.000797. The lowest BCUT2D eigenvalue weighted by atomic mass is 9.77. The monoisotopic (exact) mass is 283 g/mol. The zero-order chi connectivity index (χ0) is 13.7. The van der Waals surface area contributed by atoms with Crippen molar-refractivity contribution in [3.8, 4) is 0 Å². The van der Waals surface area contributed by atoms with Crippen molar-refractivity contribution in [2.75, 3.05) is 12.4 Å². The van der Waals surface area contributed by atoms with Gasteiger partial charge in [0, 0.05) is 17.1 Å². The van der Waals surface area contributed by atoms with Crippen LogP contribution in [0.5, 0.6) is 0 Å². The second-order valence-electron chi connectivity index (χ2n) is 4.87. The SMILES string of the molecule is O=C(CCSc1ccccc1F)NC1(CO)CCC1. The highest BCUT2D eigenvalue weighted by molar-refractivity contribution is 7.99. The van der Waals surface area contributed by atoms with Crippen LogP contribution < -0.4 is 5.32 Å². The van der Waals surface area contributed by atoms with Gasteiger partial charge >= 0.3 is 0 Å². The number of nitrogens with one attached hydrogen (secondary N) is 1. The molecule has 1 aromatic carbocycles. The van der Waals surface area contributed by atoms with Crippen molar-refractivity contribution in [2.45, 2.75) is 36.1 Å². The maximum Gasteiger partial charge on any atom is 0.221 e. The first-order valence-electron chi connectivity index (χ1n) is 6.44. The molecule has 3 nitrogen and oxygen atoms in total. The molecule has 2 N–H and O–H groups in total. The second kappa shape index (κ2) is 6.39. The lowest BCUT2D eigenvalue weighted by Crippen LogP contribution is -2.56. The van der Waals surface area contributed by atoms with Crippen molar-refractivity contribution in [3.63, 3.8) is 0 Å². The smallest absolute Gasteiger partial charge is 0.221 e. The predicted molar refractivity (Wildman–Crippen MR) is 73.6 cm³/mol. The molecule has 0 atom stereocenters. The summed E-state index contributed by atoms with van der Waals surface area (Å²) in [6.07, 6.45) is 3.07. The van der Waals surface area contributed by atoms with E-state index in [1.54, 1.807) is 18.2 Å². The Labute approximate surface area is 116 Å². The summed E-state index contributed by atoms with van der Waals surface area (Å²) in [4.78, 5) is 12.3. The Morgan fingerprint density at radius 1 is 1.42 bits per heavy atom. The van der Waals surface area contributed by atoms with Crippen molar-refractivity contribution < 1.29 is 14.3 Å². The van der Waals surface area contributed by atoms with Crippen LogP contribution in [0, 0.1) is 5.82 Å². The normalized spacial score (nSPS) is 16.7. The molecule has 5 heteroatoms. The molecular formula is C14H18FNO2S. The Morgan fingerprint density at radius 3 is 2.74 bits per heavy atom. The second-order valence-corrected chi connectivity index (χ2v) is 6.01. The third kappa shape index (κ3) is 3.70. The summed E-state index contributed by atoms with van der Waals surface area (Å²) in [5.74, 6) is 0.213. The van der Waals surface area contributed by atoms with Crippen molar-refractivity contribution in [2.24, 2.45) is 0 Å². The van der Waals surface area contributed by atoms with Crippen molar-refractivity contribution in [1.29, 1.82) is 0 Å². The van der Waals surface area contributed by atoms with E-state index in [1.807, 2.05) is 0 Å². The van der Waals surface area contributed by atoms with Crippen LogP contribution in [0.3, 0.4) is 0 Å². The third-order valence-corrected chi connectivity index (χ3v) is 4.49. The summed E-state index contributed by atoms with van der Waals surface area (Å²) in [6, 6.07) is 6.55. The molecule has 2 rings (SSSR count). The summed E-state index contributed by atoms with van der Waals surface area (Å²) in [5.41, 5.74) is -0.389. The Morgan fingerprint density at radius 2 is 2.16 bits per heavy atom. The molecule has 1 aliphatic rings. The van der Waals surface area contributed by atoms with Crippen molar-refractivity contribution >= 4 is 17.7 Å². The van der Waals surface area contributed by atoms with Crippen molar-refractivity contribution in [3.05, 3.63) is 30.1 Å². The molecule has 0 spiro atoms. The van der Waals surface area contributed by atoms with Crippen LogP contribution in [-0.2, 0) is 4.79 Å². The average Bonchev–Trinajstić information content (AvgIpc) is 2.36. The maximum absolute atomic E-state index is 13.3. The number of hydrogen-bond donors (Lipinski definition) is 2. The summed E-state index contributed by atoms with van der Waals surface area (Å²) in [5, 5.41) is 12.1. The number of aliphatic hydroxyl groups is 1. The minimum Gasteiger partial charge on any atom is -0.394 e. The number of halogens is 1. The minimum absolute atomic E-state index is 0.000797. The fourth-order valence-corrected chi connectivity index (χ4v) is 2.99. The summed E-state index contributed by atoms with van der Waals surface area (Å²) >= 11 is 1.34.